The first-order chi connectivity index (χ1) is 10.5. The number of aromatic nitrogens is 1. The van der Waals surface area contributed by atoms with Gasteiger partial charge in [0, 0.05) is 24.5 Å². The zero-order chi connectivity index (χ0) is 15.7. The third kappa shape index (κ3) is 3.35. The molecule has 0 aliphatic carbocycles. The van der Waals surface area contributed by atoms with Gasteiger partial charge in [0.05, 0.1) is 9.21 Å². The standard InChI is InChI=1S/C15H18ClN3OS2/c1-9(17)10-4-6-19(7-5-10)15(20)11-8-21-14(18-11)12-2-3-13(16)22-12/h2-3,8-10H,4-7,17H2,1H3. The molecule has 7 heteroatoms. The number of hydrogen-bond donors (Lipinski definition) is 1. The van der Waals surface area contributed by atoms with Gasteiger partial charge in [-0.05, 0) is 37.8 Å². The summed E-state index contributed by atoms with van der Waals surface area (Å²) in [7, 11) is 0. The van der Waals surface area contributed by atoms with Gasteiger partial charge < -0.3 is 10.6 Å². The Bertz CT molecular complexity index is 659. The van der Waals surface area contributed by atoms with E-state index < -0.39 is 0 Å². The molecule has 1 unspecified atom stereocenters. The quantitative estimate of drug-likeness (QED) is 0.912. The predicted molar refractivity (Wildman–Crippen MR) is 92.7 cm³/mol. The van der Waals surface area contributed by atoms with Crippen LogP contribution in [0.5, 0.6) is 0 Å². The minimum atomic E-state index is 0.0216. The van der Waals surface area contributed by atoms with Crippen LogP contribution in [0.4, 0.5) is 0 Å². The number of likely N-dealkylation sites (tertiary alicyclic amines) is 1. The lowest BCUT2D eigenvalue weighted by atomic mass is 9.91. The fourth-order valence-electron chi connectivity index (χ4n) is 2.70. The first-order valence-corrected chi connectivity index (χ1v) is 9.38. The van der Waals surface area contributed by atoms with E-state index in [2.05, 4.69) is 4.98 Å². The van der Waals surface area contributed by atoms with E-state index in [0.29, 0.717) is 11.6 Å². The molecule has 2 aromatic heterocycles. The van der Waals surface area contributed by atoms with Crippen molar-refractivity contribution in [3.63, 3.8) is 0 Å². The second-order valence-electron chi connectivity index (χ2n) is 5.63. The molecule has 1 atom stereocenters. The molecule has 1 aliphatic heterocycles. The summed E-state index contributed by atoms with van der Waals surface area (Å²) in [4.78, 5) is 19.9. The van der Waals surface area contributed by atoms with Crippen molar-refractivity contribution in [3.8, 4) is 9.88 Å². The van der Waals surface area contributed by atoms with Gasteiger partial charge in [-0.1, -0.05) is 11.6 Å². The van der Waals surface area contributed by atoms with Crippen molar-refractivity contribution >= 4 is 40.2 Å². The molecule has 118 valence electrons. The summed E-state index contributed by atoms with van der Waals surface area (Å²) in [5.74, 6) is 0.539. The largest absolute Gasteiger partial charge is 0.337 e. The minimum Gasteiger partial charge on any atom is -0.337 e. The number of nitrogens with two attached hydrogens (primary N) is 1. The van der Waals surface area contributed by atoms with E-state index in [-0.39, 0.29) is 11.9 Å². The number of amides is 1. The fraction of sp³-hybridized carbons (Fsp3) is 0.467. The third-order valence-electron chi connectivity index (χ3n) is 4.08. The van der Waals surface area contributed by atoms with Crippen molar-refractivity contribution in [1.82, 2.24) is 9.88 Å². The molecule has 3 rings (SSSR count). The van der Waals surface area contributed by atoms with E-state index in [1.54, 1.807) is 0 Å². The van der Waals surface area contributed by atoms with Crippen molar-refractivity contribution in [2.24, 2.45) is 11.7 Å². The number of hydrogen-bond acceptors (Lipinski definition) is 5. The van der Waals surface area contributed by atoms with E-state index >= 15 is 0 Å². The lowest BCUT2D eigenvalue weighted by Crippen LogP contribution is -2.42. The maximum atomic E-state index is 12.5. The summed E-state index contributed by atoms with van der Waals surface area (Å²) in [6, 6.07) is 3.99. The highest BCUT2D eigenvalue weighted by Gasteiger charge is 2.26. The molecule has 2 aromatic rings. The van der Waals surface area contributed by atoms with Crippen molar-refractivity contribution in [3.05, 3.63) is 27.5 Å². The van der Waals surface area contributed by atoms with Crippen LogP contribution in [0.2, 0.25) is 4.34 Å². The van der Waals surface area contributed by atoms with Crippen LogP contribution in [-0.2, 0) is 0 Å². The van der Waals surface area contributed by atoms with Crippen LogP contribution in [0.25, 0.3) is 9.88 Å². The topological polar surface area (TPSA) is 59.2 Å². The number of thiophene rings is 1. The SMILES string of the molecule is CC(N)C1CCN(C(=O)c2csc(-c3ccc(Cl)s3)n2)CC1. The minimum absolute atomic E-state index is 0.0216. The number of halogens is 1. The van der Waals surface area contributed by atoms with E-state index in [1.807, 2.05) is 29.3 Å². The van der Waals surface area contributed by atoms with Crippen LogP contribution in [0.15, 0.2) is 17.5 Å². The normalized spacial score (nSPS) is 17.7. The molecular formula is C15H18ClN3OS2. The Morgan fingerprint density at radius 3 is 2.77 bits per heavy atom. The van der Waals surface area contributed by atoms with E-state index in [1.165, 1.54) is 22.7 Å². The predicted octanol–water partition coefficient (Wildman–Crippen LogP) is 3.72. The van der Waals surface area contributed by atoms with Gasteiger partial charge in [-0.15, -0.1) is 22.7 Å². The van der Waals surface area contributed by atoms with Gasteiger partial charge in [-0.3, -0.25) is 4.79 Å². The summed E-state index contributed by atoms with van der Waals surface area (Å²) in [6.07, 6.45) is 1.95. The Morgan fingerprint density at radius 1 is 1.45 bits per heavy atom. The van der Waals surface area contributed by atoms with Gasteiger partial charge in [0.2, 0.25) is 0 Å². The van der Waals surface area contributed by atoms with Crippen LogP contribution in [0.3, 0.4) is 0 Å². The summed E-state index contributed by atoms with van der Waals surface area (Å²) in [5.41, 5.74) is 6.48. The lowest BCUT2D eigenvalue weighted by molar-refractivity contribution is 0.0676. The summed E-state index contributed by atoms with van der Waals surface area (Å²) in [5, 5.41) is 2.69. The summed E-state index contributed by atoms with van der Waals surface area (Å²) in [6.45, 7) is 3.58. The molecule has 0 radical (unpaired) electrons. The highest BCUT2D eigenvalue weighted by atomic mass is 35.5. The van der Waals surface area contributed by atoms with Crippen LogP contribution in [-0.4, -0.2) is 34.9 Å². The number of piperidine rings is 1. The molecular weight excluding hydrogens is 338 g/mol. The molecule has 0 bridgehead atoms. The molecule has 1 fully saturated rings. The van der Waals surface area contributed by atoms with Crippen molar-refractivity contribution in [1.29, 1.82) is 0 Å². The van der Waals surface area contributed by atoms with Gasteiger partial charge >= 0.3 is 0 Å². The van der Waals surface area contributed by atoms with Crippen LogP contribution < -0.4 is 5.73 Å². The maximum absolute atomic E-state index is 12.5. The van der Waals surface area contributed by atoms with Gasteiger partial charge in [0.1, 0.15) is 10.7 Å². The smallest absolute Gasteiger partial charge is 0.273 e. The first kappa shape index (κ1) is 15.9. The van der Waals surface area contributed by atoms with Gasteiger partial charge in [0.15, 0.2) is 0 Å². The number of nitrogens with zero attached hydrogens (tertiary/aromatic N) is 2. The first-order valence-electron chi connectivity index (χ1n) is 7.30. The Kier molecular flexibility index (Phi) is 4.82. The Labute approximate surface area is 142 Å². The van der Waals surface area contributed by atoms with E-state index in [4.69, 9.17) is 17.3 Å². The highest BCUT2D eigenvalue weighted by molar-refractivity contribution is 7.23. The molecule has 0 spiro atoms. The fourth-order valence-corrected chi connectivity index (χ4v) is 4.61. The number of thiazole rings is 1. The zero-order valence-electron chi connectivity index (χ0n) is 12.3. The average Bonchev–Trinajstić information content (AvgIpc) is 3.15. The van der Waals surface area contributed by atoms with E-state index in [0.717, 1.165) is 40.2 Å². The van der Waals surface area contributed by atoms with Crippen LogP contribution in [0, 0.1) is 5.92 Å². The summed E-state index contributed by atoms with van der Waals surface area (Å²) >= 11 is 8.92. The molecule has 0 saturated carbocycles. The molecule has 2 N–H and O–H groups in total. The average molecular weight is 356 g/mol. The maximum Gasteiger partial charge on any atom is 0.273 e. The molecule has 4 nitrogen and oxygen atoms in total. The molecule has 22 heavy (non-hydrogen) atoms. The number of rotatable bonds is 3. The Balaban J connectivity index is 1.67. The molecule has 0 aromatic carbocycles. The lowest BCUT2D eigenvalue weighted by Gasteiger charge is -2.33. The second-order valence-corrected chi connectivity index (χ2v) is 8.20. The van der Waals surface area contributed by atoms with Gasteiger partial charge in [-0.25, -0.2) is 4.98 Å². The zero-order valence-corrected chi connectivity index (χ0v) is 14.7. The van der Waals surface area contributed by atoms with Crippen LogP contribution in [0.1, 0.15) is 30.3 Å². The highest BCUT2D eigenvalue weighted by Crippen LogP contribution is 2.33. The summed E-state index contributed by atoms with van der Waals surface area (Å²) < 4.78 is 0.732. The van der Waals surface area contributed by atoms with E-state index in [9.17, 15) is 4.79 Å². The van der Waals surface area contributed by atoms with Crippen molar-refractivity contribution in [2.75, 3.05) is 13.1 Å². The number of carbonyl (C=O) groups excluding carboxylic acids is 1. The van der Waals surface area contributed by atoms with Gasteiger partial charge in [0.25, 0.3) is 5.91 Å². The molecule has 1 amide bonds. The van der Waals surface area contributed by atoms with Crippen LogP contribution >= 0.6 is 34.3 Å². The number of carbonyl (C=O) groups is 1. The molecule has 1 saturated heterocycles. The third-order valence-corrected chi connectivity index (χ3v) is 6.32. The molecule has 1 aliphatic rings. The van der Waals surface area contributed by atoms with Gasteiger partial charge in [-0.2, -0.15) is 0 Å². The second kappa shape index (κ2) is 6.66. The monoisotopic (exact) mass is 355 g/mol. The van der Waals surface area contributed by atoms with Crippen molar-refractivity contribution in [2.45, 2.75) is 25.8 Å². The Morgan fingerprint density at radius 2 is 2.18 bits per heavy atom. The Hall–Kier alpha value is -0.950. The van der Waals surface area contributed by atoms with Crippen molar-refractivity contribution < 1.29 is 4.79 Å². The molecule has 3 heterocycles.